The molecule has 7 nitrogen and oxygen atoms in total. The van der Waals surface area contributed by atoms with Gasteiger partial charge in [0.25, 0.3) is 0 Å². The number of halogens is 1. The van der Waals surface area contributed by atoms with Gasteiger partial charge in [0.2, 0.25) is 5.91 Å². The molecule has 8 heteroatoms. The Morgan fingerprint density at radius 3 is 2.74 bits per heavy atom. The van der Waals surface area contributed by atoms with E-state index >= 15 is 0 Å². The largest absolute Gasteiger partial charge is 0.357 e. The van der Waals surface area contributed by atoms with E-state index in [2.05, 4.69) is 44.0 Å². The molecule has 2 aliphatic heterocycles. The number of guanidine groups is 1. The standard InChI is InChI=1S/C23H30N6O.HI/c1-2-24-23(26-15-17-9-10-21(25-14-17)29-11-5-6-12-29)27-16-18-13-22(30)28-20-8-4-3-7-19(18)20;/h3-4,7-10,14,18H,2,5-6,11-13,15-16H2,1H3,(H,28,30)(H2,24,26,27);1H. The van der Waals surface area contributed by atoms with E-state index in [0.717, 1.165) is 42.7 Å². The van der Waals surface area contributed by atoms with Crippen LogP contribution in [0.1, 0.15) is 43.2 Å². The summed E-state index contributed by atoms with van der Waals surface area (Å²) in [7, 11) is 0. The van der Waals surface area contributed by atoms with Crippen molar-refractivity contribution in [1.29, 1.82) is 0 Å². The lowest BCUT2D eigenvalue weighted by atomic mass is 9.90. The smallest absolute Gasteiger partial charge is 0.225 e. The van der Waals surface area contributed by atoms with Gasteiger partial charge >= 0.3 is 0 Å². The van der Waals surface area contributed by atoms with Gasteiger partial charge in [0.1, 0.15) is 5.82 Å². The first-order valence-corrected chi connectivity index (χ1v) is 10.8. The third-order valence-electron chi connectivity index (χ3n) is 5.63. The van der Waals surface area contributed by atoms with Crippen molar-refractivity contribution >= 4 is 47.3 Å². The van der Waals surface area contributed by atoms with Crippen molar-refractivity contribution < 1.29 is 4.79 Å². The number of rotatable bonds is 6. The minimum Gasteiger partial charge on any atom is -0.357 e. The van der Waals surface area contributed by atoms with Crippen LogP contribution in [0.5, 0.6) is 0 Å². The minimum absolute atomic E-state index is 0. The summed E-state index contributed by atoms with van der Waals surface area (Å²) in [5, 5.41) is 9.65. The van der Waals surface area contributed by atoms with Gasteiger partial charge < -0.3 is 20.9 Å². The molecule has 2 aliphatic rings. The molecule has 31 heavy (non-hydrogen) atoms. The van der Waals surface area contributed by atoms with Crippen LogP contribution in [-0.2, 0) is 11.3 Å². The molecule has 1 fully saturated rings. The second kappa shape index (κ2) is 11.3. The van der Waals surface area contributed by atoms with Gasteiger partial charge in [-0.15, -0.1) is 24.0 Å². The Morgan fingerprint density at radius 2 is 2.00 bits per heavy atom. The van der Waals surface area contributed by atoms with E-state index < -0.39 is 0 Å². The molecule has 1 amide bonds. The van der Waals surface area contributed by atoms with Crippen molar-refractivity contribution in [3.05, 3.63) is 53.7 Å². The molecule has 0 aliphatic carbocycles. The maximum absolute atomic E-state index is 12.0. The van der Waals surface area contributed by atoms with Crippen LogP contribution in [0.3, 0.4) is 0 Å². The summed E-state index contributed by atoms with van der Waals surface area (Å²) in [6, 6.07) is 12.2. The number of carbonyl (C=O) groups excluding carboxylic acids is 1. The first-order chi connectivity index (χ1) is 14.7. The molecule has 1 saturated heterocycles. The molecule has 3 N–H and O–H groups in total. The highest BCUT2D eigenvalue weighted by Gasteiger charge is 2.24. The van der Waals surface area contributed by atoms with Crippen molar-refractivity contribution in [2.45, 2.75) is 38.6 Å². The quantitative estimate of drug-likeness (QED) is 0.301. The van der Waals surface area contributed by atoms with Crippen LogP contribution in [0.4, 0.5) is 11.5 Å². The SMILES string of the molecule is CCNC(=NCc1ccc(N2CCCC2)nc1)NCC1CC(=O)Nc2ccccc21.I. The van der Waals surface area contributed by atoms with E-state index in [4.69, 9.17) is 4.99 Å². The molecule has 0 radical (unpaired) electrons. The molecule has 1 aromatic heterocycles. The predicted octanol–water partition coefficient (Wildman–Crippen LogP) is 3.48. The highest BCUT2D eigenvalue weighted by molar-refractivity contribution is 14.0. The maximum Gasteiger partial charge on any atom is 0.225 e. The first kappa shape index (κ1) is 23.3. The lowest BCUT2D eigenvalue weighted by Gasteiger charge is -2.26. The Hall–Kier alpha value is -2.36. The second-order valence-electron chi connectivity index (χ2n) is 7.83. The molecule has 1 aromatic carbocycles. The van der Waals surface area contributed by atoms with Gasteiger partial charge in [-0.1, -0.05) is 24.3 Å². The van der Waals surface area contributed by atoms with Crippen LogP contribution >= 0.6 is 24.0 Å². The summed E-state index contributed by atoms with van der Waals surface area (Å²) in [4.78, 5) is 23.7. The van der Waals surface area contributed by atoms with E-state index in [1.807, 2.05) is 31.3 Å². The van der Waals surface area contributed by atoms with Gasteiger partial charge in [-0.25, -0.2) is 9.98 Å². The molecule has 1 atom stereocenters. The molecule has 0 saturated carbocycles. The summed E-state index contributed by atoms with van der Waals surface area (Å²) >= 11 is 0. The summed E-state index contributed by atoms with van der Waals surface area (Å²) in [6.45, 7) is 6.24. The van der Waals surface area contributed by atoms with E-state index in [1.54, 1.807) is 0 Å². The van der Waals surface area contributed by atoms with Crippen LogP contribution in [0, 0.1) is 0 Å². The third kappa shape index (κ3) is 6.09. The molecule has 3 heterocycles. The number of aliphatic imine (C=N–C) groups is 1. The molecule has 166 valence electrons. The lowest BCUT2D eigenvalue weighted by molar-refractivity contribution is -0.116. The number of nitrogens with one attached hydrogen (secondary N) is 3. The number of hydrogen-bond acceptors (Lipinski definition) is 4. The number of pyridine rings is 1. The fraction of sp³-hybridized carbons (Fsp3) is 0.435. The van der Waals surface area contributed by atoms with Gasteiger partial charge in [-0.2, -0.15) is 0 Å². The molecule has 1 unspecified atom stereocenters. The van der Waals surface area contributed by atoms with Crippen molar-refractivity contribution in [2.24, 2.45) is 4.99 Å². The summed E-state index contributed by atoms with van der Waals surface area (Å²) in [5.41, 5.74) is 3.16. The Kier molecular flexibility index (Phi) is 8.51. The van der Waals surface area contributed by atoms with Gasteiger partial charge in [0.05, 0.1) is 6.54 Å². The molecule has 0 bridgehead atoms. The zero-order valence-corrected chi connectivity index (χ0v) is 20.3. The number of amides is 1. The Labute approximate surface area is 201 Å². The Bertz CT molecular complexity index is 895. The van der Waals surface area contributed by atoms with Gasteiger partial charge in [0.15, 0.2) is 5.96 Å². The normalized spacial score (nSPS) is 18.1. The van der Waals surface area contributed by atoms with E-state index in [-0.39, 0.29) is 35.8 Å². The van der Waals surface area contributed by atoms with E-state index in [1.165, 1.54) is 18.4 Å². The van der Waals surface area contributed by atoms with Crippen LogP contribution < -0.4 is 20.9 Å². The van der Waals surface area contributed by atoms with Gasteiger partial charge in [-0.3, -0.25) is 4.79 Å². The fourth-order valence-corrected chi connectivity index (χ4v) is 4.06. The van der Waals surface area contributed by atoms with Crippen molar-refractivity contribution in [3.8, 4) is 0 Å². The number of hydrogen-bond donors (Lipinski definition) is 3. The van der Waals surface area contributed by atoms with Crippen LogP contribution in [0.2, 0.25) is 0 Å². The average Bonchev–Trinajstić information content (AvgIpc) is 3.31. The molecule has 4 rings (SSSR count). The predicted molar refractivity (Wildman–Crippen MR) is 136 cm³/mol. The van der Waals surface area contributed by atoms with Crippen LogP contribution in [-0.4, -0.2) is 43.0 Å². The van der Waals surface area contributed by atoms with Gasteiger partial charge in [0, 0.05) is 50.4 Å². The molecule has 2 aromatic rings. The highest BCUT2D eigenvalue weighted by Crippen LogP contribution is 2.31. The second-order valence-corrected chi connectivity index (χ2v) is 7.83. The summed E-state index contributed by atoms with van der Waals surface area (Å²) < 4.78 is 0. The average molecular weight is 534 g/mol. The molecular weight excluding hydrogens is 503 g/mol. The summed E-state index contributed by atoms with van der Waals surface area (Å²) in [6.07, 6.45) is 4.89. The number of aromatic nitrogens is 1. The van der Waals surface area contributed by atoms with Crippen molar-refractivity contribution in [1.82, 2.24) is 15.6 Å². The topological polar surface area (TPSA) is 81.7 Å². The number of anilines is 2. The Morgan fingerprint density at radius 1 is 1.19 bits per heavy atom. The zero-order valence-electron chi connectivity index (χ0n) is 17.9. The number of nitrogens with zero attached hydrogens (tertiary/aromatic N) is 3. The zero-order chi connectivity index (χ0) is 20.8. The lowest BCUT2D eigenvalue weighted by Crippen LogP contribution is -2.40. The monoisotopic (exact) mass is 534 g/mol. The fourth-order valence-electron chi connectivity index (χ4n) is 4.06. The highest BCUT2D eigenvalue weighted by atomic mass is 127. The Balaban J connectivity index is 0.00000272. The van der Waals surface area contributed by atoms with Crippen LogP contribution in [0.25, 0.3) is 0 Å². The molecular formula is C23H31IN6O. The molecule has 0 spiro atoms. The van der Waals surface area contributed by atoms with E-state index in [9.17, 15) is 4.79 Å². The minimum atomic E-state index is 0. The maximum atomic E-state index is 12.0. The number of benzene rings is 1. The van der Waals surface area contributed by atoms with Crippen molar-refractivity contribution in [2.75, 3.05) is 36.4 Å². The third-order valence-corrected chi connectivity index (χ3v) is 5.63. The van der Waals surface area contributed by atoms with E-state index in [0.29, 0.717) is 19.5 Å². The number of carbonyl (C=O) groups is 1. The van der Waals surface area contributed by atoms with Crippen LogP contribution in [0.15, 0.2) is 47.6 Å². The van der Waals surface area contributed by atoms with Gasteiger partial charge in [-0.05, 0) is 43.0 Å². The summed E-state index contributed by atoms with van der Waals surface area (Å²) in [5.74, 6) is 2.00. The first-order valence-electron chi connectivity index (χ1n) is 10.8. The number of para-hydroxylation sites is 1. The van der Waals surface area contributed by atoms with Crippen molar-refractivity contribution in [3.63, 3.8) is 0 Å². The number of fused-ring (bicyclic) bond motifs is 1.